The largest absolute Gasteiger partial charge is 0.422 e. The molecule has 0 radical (unpaired) electrons. The second kappa shape index (κ2) is 6.83. The highest BCUT2D eigenvalue weighted by molar-refractivity contribution is 7.20. The Morgan fingerprint density at radius 2 is 1.81 bits per heavy atom. The van der Waals surface area contributed by atoms with E-state index in [4.69, 9.17) is 16.3 Å². The number of aromatic nitrogens is 2. The number of nitrogens with zero attached hydrogens (tertiary/aromatic N) is 2. The molecule has 0 bridgehead atoms. The van der Waals surface area contributed by atoms with Gasteiger partial charge in [-0.3, -0.25) is 4.68 Å². The van der Waals surface area contributed by atoms with E-state index in [0.717, 1.165) is 32.6 Å². The number of thiophene rings is 1. The van der Waals surface area contributed by atoms with Crippen LogP contribution in [-0.2, 0) is 7.05 Å². The van der Waals surface area contributed by atoms with Crippen LogP contribution in [0.4, 0.5) is 0 Å². The highest BCUT2D eigenvalue weighted by Gasteiger charge is 2.19. The molecule has 4 nitrogen and oxygen atoms in total. The van der Waals surface area contributed by atoms with Crippen LogP contribution in [0.3, 0.4) is 0 Å². The van der Waals surface area contributed by atoms with Gasteiger partial charge in [0.15, 0.2) is 0 Å². The fourth-order valence-corrected chi connectivity index (χ4v) is 3.97. The molecule has 136 valence electrons. The average molecular weight is 397 g/mol. The van der Waals surface area contributed by atoms with Crippen LogP contribution in [0.25, 0.3) is 21.5 Å². The summed E-state index contributed by atoms with van der Waals surface area (Å²) < 4.78 is 7.35. The number of rotatable bonds is 3. The van der Waals surface area contributed by atoms with Crippen LogP contribution in [0.5, 0.6) is 5.75 Å². The molecule has 4 aromatic rings. The van der Waals surface area contributed by atoms with Gasteiger partial charge in [-0.25, -0.2) is 4.79 Å². The van der Waals surface area contributed by atoms with Gasteiger partial charge in [0.05, 0.1) is 0 Å². The van der Waals surface area contributed by atoms with Crippen molar-refractivity contribution in [3.63, 3.8) is 0 Å². The van der Waals surface area contributed by atoms with Crippen LogP contribution < -0.4 is 4.74 Å². The number of esters is 1. The molecule has 0 N–H and O–H groups in total. The molecule has 27 heavy (non-hydrogen) atoms. The minimum absolute atomic E-state index is 0.360. The van der Waals surface area contributed by atoms with Crippen LogP contribution in [0.2, 0.25) is 5.02 Å². The number of ether oxygens (including phenoxy) is 1. The van der Waals surface area contributed by atoms with E-state index in [1.54, 1.807) is 4.68 Å². The first-order valence-electron chi connectivity index (χ1n) is 8.44. The molecular formula is C21H17ClN2O2S. The van der Waals surface area contributed by atoms with E-state index in [0.29, 0.717) is 15.6 Å². The summed E-state index contributed by atoms with van der Waals surface area (Å²) in [6, 6.07) is 15.0. The molecule has 2 heterocycles. The van der Waals surface area contributed by atoms with Crippen LogP contribution in [-0.4, -0.2) is 15.7 Å². The van der Waals surface area contributed by atoms with E-state index >= 15 is 0 Å². The van der Waals surface area contributed by atoms with E-state index in [-0.39, 0.29) is 5.97 Å². The Bertz CT molecular complexity index is 1160. The van der Waals surface area contributed by atoms with Gasteiger partial charge in [-0.15, -0.1) is 11.3 Å². The molecule has 0 aliphatic heterocycles. The normalized spacial score (nSPS) is 11.1. The van der Waals surface area contributed by atoms with Gasteiger partial charge < -0.3 is 4.74 Å². The Hall–Kier alpha value is -2.63. The number of aryl methyl sites for hydroxylation is 3. The van der Waals surface area contributed by atoms with Crippen LogP contribution in [0.1, 0.15) is 20.8 Å². The molecule has 4 rings (SSSR count). The molecule has 0 aliphatic carbocycles. The Kier molecular flexibility index (Phi) is 4.50. The first-order valence-corrected chi connectivity index (χ1v) is 9.64. The maximum atomic E-state index is 12.6. The standard InChI is InChI=1S/C21H17ClN2O2S/c1-12-4-9-16(10-13(12)2)26-21(25)18-11-17-19(23-24(3)20(17)27-18)14-5-7-15(22)8-6-14/h4-11H,1-3H3. The molecule has 0 amide bonds. The van der Waals surface area contributed by atoms with Gasteiger partial charge in [0.2, 0.25) is 0 Å². The average Bonchev–Trinajstić information content (AvgIpc) is 3.20. The third kappa shape index (κ3) is 3.36. The number of hydrogen-bond acceptors (Lipinski definition) is 4. The molecule has 6 heteroatoms. The summed E-state index contributed by atoms with van der Waals surface area (Å²) >= 11 is 7.36. The lowest BCUT2D eigenvalue weighted by molar-refractivity contribution is 0.0740. The first-order chi connectivity index (χ1) is 12.9. The number of hydrogen-bond donors (Lipinski definition) is 0. The fraction of sp³-hybridized carbons (Fsp3) is 0.143. The minimum Gasteiger partial charge on any atom is -0.422 e. The first kappa shape index (κ1) is 17.8. The van der Waals surface area contributed by atoms with Crippen molar-refractivity contribution >= 4 is 39.1 Å². The van der Waals surface area contributed by atoms with Crippen LogP contribution >= 0.6 is 22.9 Å². The van der Waals surface area contributed by atoms with Crippen molar-refractivity contribution in [3.05, 3.63) is 69.6 Å². The predicted octanol–water partition coefficient (Wildman–Crippen LogP) is 5.79. The maximum Gasteiger partial charge on any atom is 0.353 e. The summed E-state index contributed by atoms with van der Waals surface area (Å²) in [4.78, 5) is 14.1. The van der Waals surface area contributed by atoms with E-state index in [1.807, 2.05) is 69.4 Å². The van der Waals surface area contributed by atoms with Gasteiger partial charge in [0, 0.05) is 23.0 Å². The molecule has 0 unspecified atom stereocenters. The van der Waals surface area contributed by atoms with Crippen molar-refractivity contribution in [2.24, 2.45) is 7.05 Å². The van der Waals surface area contributed by atoms with Crippen molar-refractivity contribution in [1.29, 1.82) is 0 Å². The molecule has 0 fully saturated rings. The number of carbonyl (C=O) groups excluding carboxylic acids is 1. The molecule has 0 spiro atoms. The maximum absolute atomic E-state index is 12.6. The Labute approximate surface area is 166 Å². The number of fused-ring (bicyclic) bond motifs is 1. The van der Waals surface area contributed by atoms with Crippen molar-refractivity contribution in [3.8, 4) is 17.0 Å². The van der Waals surface area contributed by atoms with Gasteiger partial charge in [-0.1, -0.05) is 29.8 Å². The van der Waals surface area contributed by atoms with E-state index in [9.17, 15) is 4.79 Å². The van der Waals surface area contributed by atoms with Crippen LogP contribution in [0, 0.1) is 13.8 Å². The van der Waals surface area contributed by atoms with E-state index in [1.165, 1.54) is 11.3 Å². The lowest BCUT2D eigenvalue weighted by atomic mass is 10.1. The predicted molar refractivity (Wildman–Crippen MR) is 110 cm³/mol. The Balaban J connectivity index is 1.68. The van der Waals surface area contributed by atoms with Crippen molar-refractivity contribution in [2.45, 2.75) is 13.8 Å². The Morgan fingerprint density at radius 3 is 2.52 bits per heavy atom. The summed E-state index contributed by atoms with van der Waals surface area (Å²) in [7, 11) is 1.87. The van der Waals surface area contributed by atoms with E-state index < -0.39 is 0 Å². The second-order valence-corrected chi connectivity index (χ2v) is 7.91. The summed E-state index contributed by atoms with van der Waals surface area (Å²) in [6.07, 6.45) is 0. The molecular weight excluding hydrogens is 380 g/mol. The van der Waals surface area contributed by atoms with E-state index in [2.05, 4.69) is 5.10 Å². The third-order valence-corrected chi connectivity index (χ3v) is 5.95. The zero-order valence-electron chi connectivity index (χ0n) is 15.1. The van der Waals surface area contributed by atoms with Crippen LogP contribution in [0.15, 0.2) is 48.5 Å². The third-order valence-electron chi connectivity index (χ3n) is 4.52. The number of benzene rings is 2. The zero-order valence-corrected chi connectivity index (χ0v) is 16.7. The molecule has 0 atom stereocenters. The van der Waals surface area contributed by atoms with Gasteiger partial charge >= 0.3 is 5.97 Å². The molecule has 0 saturated heterocycles. The quantitative estimate of drug-likeness (QED) is 0.325. The number of carbonyl (C=O) groups is 1. The lowest BCUT2D eigenvalue weighted by Gasteiger charge is -2.05. The Morgan fingerprint density at radius 1 is 1.07 bits per heavy atom. The monoisotopic (exact) mass is 396 g/mol. The number of halogens is 1. The van der Waals surface area contributed by atoms with Gasteiger partial charge in [0.25, 0.3) is 0 Å². The highest BCUT2D eigenvalue weighted by Crippen LogP contribution is 2.34. The van der Waals surface area contributed by atoms with Gasteiger partial charge in [-0.05, 0) is 55.3 Å². The van der Waals surface area contributed by atoms with Gasteiger partial charge in [0.1, 0.15) is 21.2 Å². The summed E-state index contributed by atoms with van der Waals surface area (Å²) in [5.41, 5.74) is 4.03. The molecule has 2 aromatic carbocycles. The summed E-state index contributed by atoms with van der Waals surface area (Å²) in [6.45, 7) is 4.02. The summed E-state index contributed by atoms with van der Waals surface area (Å²) in [5.74, 6) is 0.193. The van der Waals surface area contributed by atoms with Crippen molar-refractivity contribution in [1.82, 2.24) is 9.78 Å². The lowest BCUT2D eigenvalue weighted by Crippen LogP contribution is -2.06. The van der Waals surface area contributed by atoms with Gasteiger partial charge in [-0.2, -0.15) is 5.10 Å². The molecule has 0 saturated carbocycles. The van der Waals surface area contributed by atoms with Crippen molar-refractivity contribution < 1.29 is 9.53 Å². The zero-order chi connectivity index (χ0) is 19.1. The SMILES string of the molecule is Cc1ccc(OC(=O)c2cc3c(-c4ccc(Cl)cc4)nn(C)c3s2)cc1C. The summed E-state index contributed by atoms with van der Waals surface area (Å²) in [5, 5.41) is 6.19. The second-order valence-electron chi connectivity index (χ2n) is 6.44. The highest BCUT2D eigenvalue weighted by atomic mass is 35.5. The smallest absolute Gasteiger partial charge is 0.353 e. The van der Waals surface area contributed by atoms with Crippen molar-refractivity contribution in [2.75, 3.05) is 0 Å². The minimum atomic E-state index is -0.360. The fourth-order valence-electron chi connectivity index (χ4n) is 2.90. The molecule has 0 aliphatic rings. The topological polar surface area (TPSA) is 44.1 Å². The molecule has 2 aromatic heterocycles.